The van der Waals surface area contributed by atoms with E-state index in [1.807, 2.05) is 60.7 Å². The molecule has 0 aromatic heterocycles. The van der Waals surface area contributed by atoms with Gasteiger partial charge in [-0.15, -0.1) is 0 Å². The summed E-state index contributed by atoms with van der Waals surface area (Å²) in [7, 11) is 0. The highest BCUT2D eigenvalue weighted by atomic mass is 15.2. The van der Waals surface area contributed by atoms with Crippen molar-refractivity contribution in [1.29, 1.82) is 0 Å². The van der Waals surface area contributed by atoms with Crippen molar-refractivity contribution in [2.75, 3.05) is 0 Å². The molecule has 0 aliphatic rings. The zero-order chi connectivity index (χ0) is 17.0. The van der Waals surface area contributed by atoms with Gasteiger partial charge in [-0.1, -0.05) is 60.7 Å². The monoisotopic (exact) mass is 317 g/mol. The van der Waals surface area contributed by atoms with Crippen LogP contribution in [0.25, 0.3) is 11.1 Å². The van der Waals surface area contributed by atoms with Crippen molar-refractivity contribution in [3.8, 4) is 0 Å². The largest absolute Gasteiger partial charge is 0.404 e. The lowest BCUT2D eigenvalue weighted by atomic mass is 10.1. The van der Waals surface area contributed by atoms with Gasteiger partial charge in [-0.3, -0.25) is 0 Å². The van der Waals surface area contributed by atoms with Crippen LogP contribution in [0.4, 0.5) is 0 Å². The first-order valence-corrected chi connectivity index (χ1v) is 7.38. The molecule has 0 heterocycles. The molecule has 0 aliphatic heterocycles. The van der Waals surface area contributed by atoms with Crippen LogP contribution >= 0.6 is 0 Å². The van der Waals surface area contributed by atoms with E-state index in [-0.39, 0.29) is 0 Å². The summed E-state index contributed by atoms with van der Waals surface area (Å²) in [5.74, 6) is 0. The Bertz CT molecular complexity index is 772. The first-order valence-electron chi connectivity index (χ1n) is 7.38. The van der Waals surface area contributed by atoms with Gasteiger partial charge in [-0.05, 0) is 11.1 Å². The van der Waals surface area contributed by atoms with Crippen LogP contribution in [0.1, 0.15) is 11.1 Å². The van der Waals surface area contributed by atoms with Crippen molar-refractivity contribution in [2.24, 2.45) is 26.7 Å². The molecular formula is C19H19N5. The average molecular weight is 317 g/mol. The molecule has 0 unspecified atom stereocenters. The van der Waals surface area contributed by atoms with E-state index in [1.54, 1.807) is 18.6 Å². The van der Waals surface area contributed by atoms with E-state index in [2.05, 4.69) is 15.2 Å². The number of nitrogens with two attached hydrogens (primary N) is 2. The Morgan fingerprint density at radius 2 is 1.21 bits per heavy atom. The molecule has 0 radical (unpaired) electrons. The summed E-state index contributed by atoms with van der Waals surface area (Å²) >= 11 is 0. The summed E-state index contributed by atoms with van der Waals surface area (Å²) in [5.41, 5.74) is 14.5. The maximum absolute atomic E-state index is 5.65. The lowest BCUT2D eigenvalue weighted by Crippen LogP contribution is -1.91. The van der Waals surface area contributed by atoms with Crippen LogP contribution < -0.4 is 11.5 Å². The Morgan fingerprint density at radius 1 is 0.708 bits per heavy atom. The Labute approximate surface area is 141 Å². The molecule has 2 aromatic rings. The summed E-state index contributed by atoms with van der Waals surface area (Å²) in [6, 6.07) is 19.5. The van der Waals surface area contributed by atoms with Crippen LogP contribution in [0, 0.1) is 0 Å². The quantitative estimate of drug-likeness (QED) is 0.487. The fraction of sp³-hybridized carbons (Fsp3) is 0. The normalized spacial score (nSPS) is 13.3. The second kappa shape index (κ2) is 9.53. The zero-order valence-electron chi connectivity index (χ0n) is 13.2. The number of aliphatic imine (C=N–C) groups is 1. The van der Waals surface area contributed by atoms with Crippen molar-refractivity contribution in [1.82, 2.24) is 0 Å². The van der Waals surface area contributed by atoms with Crippen molar-refractivity contribution >= 4 is 29.9 Å². The SMILES string of the molecule is NC=N\C=C(/C=N\N=C\C(=C/N)c1ccccc1)c1ccccc1. The van der Waals surface area contributed by atoms with E-state index in [9.17, 15) is 0 Å². The summed E-state index contributed by atoms with van der Waals surface area (Å²) in [4.78, 5) is 3.94. The van der Waals surface area contributed by atoms with Gasteiger partial charge in [0.05, 0.1) is 18.8 Å². The molecule has 5 heteroatoms. The first kappa shape index (κ1) is 16.9. The maximum atomic E-state index is 5.65. The van der Waals surface area contributed by atoms with Crippen LogP contribution in [-0.4, -0.2) is 18.8 Å². The van der Waals surface area contributed by atoms with Crippen LogP contribution in [0.15, 0.2) is 88.3 Å². The first-order chi connectivity index (χ1) is 11.8. The molecule has 0 saturated carbocycles. The van der Waals surface area contributed by atoms with Gasteiger partial charge in [0.25, 0.3) is 0 Å². The topological polar surface area (TPSA) is 89.1 Å². The number of benzene rings is 2. The second-order valence-electron chi connectivity index (χ2n) is 4.73. The molecule has 0 saturated heterocycles. The van der Waals surface area contributed by atoms with Crippen LogP contribution in [0.5, 0.6) is 0 Å². The standard InChI is InChI=1S/C19H19N5/c20-11-18(16-7-3-1-4-8-16)13-23-24-14-19(12-22-15-21)17-9-5-2-6-10-17/h1-15H,20H2,(H2,21,22)/b18-11+,19-12+,23-13+,24-14-. The zero-order valence-corrected chi connectivity index (χ0v) is 13.2. The highest BCUT2D eigenvalue weighted by Gasteiger charge is 1.98. The molecule has 0 atom stereocenters. The van der Waals surface area contributed by atoms with Gasteiger partial charge in [0, 0.05) is 23.5 Å². The van der Waals surface area contributed by atoms with Gasteiger partial charge < -0.3 is 11.5 Å². The molecular weight excluding hydrogens is 298 g/mol. The summed E-state index contributed by atoms with van der Waals surface area (Å²) in [6.45, 7) is 0. The lowest BCUT2D eigenvalue weighted by molar-refractivity contribution is 1.27. The molecule has 24 heavy (non-hydrogen) atoms. The van der Waals surface area contributed by atoms with Gasteiger partial charge >= 0.3 is 0 Å². The Balaban J connectivity index is 2.15. The van der Waals surface area contributed by atoms with Crippen LogP contribution in [0.2, 0.25) is 0 Å². The highest BCUT2D eigenvalue weighted by Crippen LogP contribution is 2.13. The third-order valence-electron chi connectivity index (χ3n) is 3.15. The minimum atomic E-state index is 0.790. The molecule has 4 N–H and O–H groups in total. The minimum Gasteiger partial charge on any atom is -0.404 e. The molecule has 2 rings (SSSR count). The Morgan fingerprint density at radius 3 is 1.71 bits per heavy atom. The van der Waals surface area contributed by atoms with Crippen LogP contribution in [-0.2, 0) is 0 Å². The molecule has 120 valence electrons. The molecule has 5 nitrogen and oxygen atoms in total. The van der Waals surface area contributed by atoms with Gasteiger partial charge in [-0.2, -0.15) is 10.2 Å². The van der Waals surface area contributed by atoms with Crippen molar-refractivity contribution in [2.45, 2.75) is 0 Å². The molecule has 0 fully saturated rings. The van der Waals surface area contributed by atoms with E-state index < -0.39 is 0 Å². The highest BCUT2D eigenvalue weighted by molar-refractivity contribution is 6.11. The van der Waals surface area contributed by atoms with E-state index in [0.29, 0.717) is 0 Å². The molecule has 0 bridgehead atoms. The molecule has 2 aromatic carbocycles. The average Bonchev–Trinajstić information content (AvgIpc) is 2.65. The van der Waals surface area contributed by atoms with Crippen LogP contribution in [0.3, 0.4) is 0 Å². The minimum absolute atomic E-state index is 0.790. The predicted octanol–water partition coefficient (Wildman–Crippen LogP) is 3.07. The molecule has 0 spiro atoms. The van der Waals surface area contributed by atoms with E-state index in [4.69, 9.17) is 11.5 Å². The number of hydrogen-bond acceptors (Lipinski definition) is 4. The summed E-state index contributed by atoms with van der Waals surface area (Å²) < 4.78 is 0. The summed E-state index contributed by atoms with van der Waals surface area (Å²) in [5, 5.41) is 8.14. The van der Waals surface area contributed by atoms with Gasteiger partial charge in [0.15, 0.2) is 0 Å². The number of rotatable bonds is 6. The smallest absolute Gasteiger partial charge is 0.0853 e. The predicted molar refractivity (Wildman–Crippen MR) is 103 cm³/mol. The number of nitrogens with zero attached hydrogens (tertiary/aromatic N) is 3. The summed E-state index contributed by atoms with van der Waals surface area (Å²) in [6.07, 6.45) is 7.59. The molecule has 0 amide bonds. The second-order valence-corrected chi connectivity index (χ2v) is 4.73. The van der Waals surface area contributed by atoms with E-state index in [0.717, 1.165) is 22.3 Å². The van der Waals surface area contributed by atoms with E-state index in [1.165, 1.54) is 12.5 Å². The van der Waals surface area contributed by atoms with Gasteiger partial charge in [-0.25, -0.2) is 4.99 Å². The van der Waals surface area contributed by atoms with Gasteiger partial charge in [0.1, 0.15) is 0 Å². The van der Waals surface area contributed by atoms with Crippen molar-refractivity contribution in [3.05, 3.63) is 84.2 Å². The van der Waals surface area contributed by atoms with E-state index >= 15 is 0 Å². The molecule has 0 aliphatic carbocycles. The Hall–Kier alpha value is -3.47. The maximum Gasteiger partial charge on any atom is 0.0853 e. The van der Waals surface area contributed by atoms with Crippen molar-refractivity contribution < 1.29 is 0 Å². The van der Waals surface area contributed by atoms with Gasteiger partial charge in [0.2, 0.25) is 0 Å². The third kappa shape index (κ3) is 5.06. The fourth-order valence-corrected chi connectivity index (χ4v) is 1.97. The third-order valence-corrected chi connectivity index (χ3v) is 3.15. The Kier molecular flexibility index (Phi) is 6.71. The number of hydrogen-bond donors (Lipinski definition) is 2. The number of allylic oxidation sites excluding steroid dienone is 2. The van der Waals surface area contributed by atoms with Crippen molar-refractivity contribution in [3.63, 3.8) is 0 Å². The fourth-order valence-electron chi connectivity index (χ4n) is 1.97. The lowest BCUT2D eigenvalue weighted by Gasteiger charge is -2.00.